The fraction of sp³-hybridized carbons (Fsp3) is 0.385. The van der Waals surface area contributed by atoms with Crippen molar-refractivity contribution in [2.75, 3.05) is 5.75 Å². The monoisotopic (exact) mass is 309 g/mol. The molecule has 2 atom stereocenters. The number of nitro groups is 1. The molecule has 0 aromatic heterocycles. The average molecular weight is 309 g/mol. The lowest BCUT2D eigenvalue weighted by Gasteiger charge is -2.06. The van der Waals surface area contributed by atoms with Crippen LogP contribution in [0.25, 0.3) is 0 Å². The molecule has 1 saturated carbocycles. The predicted molar refractivity (Wildman–Crippen MR) is 77.1 cm³/mol. The number of hydrogen-bond donors (Lipinski definition) is 2. The van der Waals surface area contributed by atoms with Gasteiger partial charge in [-0.2, -0.15) is 0 Å². The van der Waals surface area contributed by atoms with Crippen LogP contribution < -0.4 is 10.9 Å². The fourth-order valence-electron chi connectivity index (χ4n) is 1.74. The average Bonchev–Trinajstić information content (AvgIpc) is 3.25. The van der Waals surface area contributed by atoms with Crippen LogP contribution >= 0.6 is 11.8 Å². The van der Waals surface area contributed by atoms with E-state index >= 15 is 0 Å². The molecule has 2 rings (SSSR count). The minimum atomic E-state index is -0.816. The Bertz CT molecular complexity index is 561. The van der Waals surface area contributed by atoms with Crippen LogP contribution in [0.3, 0.4) is 0 Å². The maximum absolute atomic E-state index is 11.6. The van der Waals surface area contributed by atoms with Gasteiger partial charge in [0.25, 0.3) is 0 Å². The SMILES string of the molecule is Cc1ccc(SCC(=O)NNC(=O)[C@H]2C[C@H]2[N+](=O)[O-])cc1. The summed E-state index contributed by atoms with van der Waals surface area (Å²) < 4.78 is 0. The van der Waals surface area contributed by atoms with Crippen LogP contribution in [0, 0.1) is 23.0 Å². The molecule has 1 aromatic carbocycles. The molecule has 0 aliphatic heterocycles. The number of thioether (sulfide) groups is 1. The molecule has 112 valence electrons. The first-order valence-electron chi connectivity index (χ1n) is 6.39. The Labute approximate surface area is 125 Å². The van der Waals surface area contributed by atoms with E-state index in [4.69, 9.17) is 0 Å². The Morgan fingerprint density at radius 3 is 2.57 bits per heavy atom. The lowest BCUT2D eigenvalue weighted by molar-refractivity contribution is -0.497. The van der Waals surface area contributed by atoms with Crippen LogP contribution in [-0.2, 0) is 9.59 Å². The van der Waals surface area contributed by atoms with Gasteiger partial charge in [0.2, 0.25) is 17.9 Å². The smallest absolute Gasteiger partial charge is 0.248 e. The van der Waals surface area contributed by atoms with Gasteiger partial charge in [-0.05, 0) is 19.1 Å². The quantitative estimate of drug-likeness (QED) is 0.478. The van der Waals surface area contributed by atoms with Crippen molar-refractivity contribution < 1.29 is 14.5 Å². The minimum Gasteiger partial charge on any atom is -0.273 e. The van der Waals surface area contributed by atoms with Gasteiger partial charge < -0.3 is 0 Å². The summed E-state index contributed by atoms with van der Waals surface area (Å²) in [6, 6.07) is 6.92. The number of carbonyl (C=O) groups excluding carboxylic acids is 2. The molecule has 21 heavy (non-hydrogen) atoms. The number of aryl methyl sites for hydroxylation is 1. The first-order valence-corrected chi connectivity index (χ1v) is 7.37. The van der Waals surface area contributed by atoms with Crippen molar-refractivity contribution in [2.24, 2.45) is 5.92 Å². The molecule has 0 radical (unpaired) electrons. The van der Waals surface area contributed by atoms with Crippen molar-refractivity contribution in [1.82, 2.24) is 10.9 Å². The summed E-state index contributed by atoms with van der Waals surface area (Å²) in [7, 11) is 0. The van der Waals surface area contributed by atoms with E-state index in [2.05, 4.69) is 10.9 Å². The normalized spacial score (nSPS) is 19.7. The summed E-state index contributed by atoms with van der Waals surface area (Å²) in [5.74, 6) is -1.34. The summed E-state index contributed by atoms with van der Waals surface area (Å²) in [5, 5.41) is 10.4. The summed E-state index contributed by atoms with van der Waals surface area (Å²) in [6.07, 6.45) is 0.229. The van der Waals surface area contributed by atoms with Crippen molar-refractivity contribution in [3.8, 4) is 0 Å². The number of hydrazine groups is 1. The molecule has 0 spiro atoms. The first kappa shape index (κ1) is 15.3. The number of benzene rings is 1. The van der Waals surface area contributed by atoms with E-state index in [-0.39, 0.29) is 18.1 Å². The van der Waals surface area contributed by atoms with E-state index in [1.165, 1.54) is 11.8 Å². The van der Waals surface area contributed by atoms with Crippen LogP contribution in [0.4, 0.5) is 0 Å². The van der Waals surface area contributed by atoms with Crippen molar-refractivity contribution >= 4 is 23.6 Å². The van der Waals surface area contributed by atoms with E-state index < -0.39 is 22.8 Å². The maximum Gasteiger partial charge on any atom is 0.248 e. The highest BCUT2D eigenvalue weighted by atomic mass is 32.2. The molecule has 1 aromatic rings. The molecule has 0 heterocycles. The number of carbonyl (C=O) groups is 2. The minimum absolute atomic E-state index is 0.159. The molecule has 2 N–H and O–H groups in total. The second-order valence-corrected chi connectivity index (χ2v) is 5.88. The fourth-order valence-corrected chi connectivity index (χ4v) is 2.44. The highest BCUT2D eigenvalue weighted by molar-refractivity contribution is 8.00. The lowest BCUT2D eigenvalue weighted by atomic mass is 10.2. The topological polar surface area (TPSA) is 101 Å². The Balaban J connectivity index is 1.67. The lowest BCUT2D eigenvalue weighted by Crippen LogP contribution is -2.43. The number of nitrogens with one attached hydrogen (secondary N) is 2. The van der Waals surface area contributed by atoms with Gasteiger partial charge in [-0.3, -0.25) is 30.6 Å². The van der Waals surface area contributed by atoms with Crippen LogP contribution in [0.2, 0.25) is 0 Å². The number of hydrogen-bond acceptors (Lipinski definition) is 5. The van der Waals surface area contributed by atoms with E-state index in [0.29, 0.717) is 0 Å². The van der Waals surface area contributed by atoms with E-state index in [1.54, 1.807) is 0 Å². The largest absolute Gasteiger partial charge is 0.273 e. The Kier molecular flexibility index (Phi) is 4.79. The Hall–Kier alpha value is -2.09. The van der Waals surface area contributed by atoms with Crippen LogP contribution in [0.15, 0.2) is 29.2 Å². The number of amides is 2. The Morgan fingerprint density at radius 1 is 1.33 bits per heavy atom. The zero-order valence-electron chi connectivity index (χ0n) is 11.4. The van der Waals surface area contributed by atoms with Gasteiger partial charge in [0, 0.05) is 16.2 Å². The first-order chi connectivity index (χ1) is 9.97. The van der Waals surface area contributed by atoms with Gasteiger partial charge in [-0.15, -0.1) is 11.8 Å². The van der Waals surface area contributed by atoms with E-state index in [1.807, 2.05) is 31.2 Å². The van der Waals surface area contributed by atoms with Crippen molar-refractivity contribution in [3.63, 3.8) is 0 Å². The van der Waals surface area contributed by atoms with Crippen LogP contribution in [0.1, 0.15) is 12.0 Å². The third-order valence-electron chi connectivity index (χ3n) is 3.08. The van der Waals surface area contributed by atoms with Crippen LogP contribution in [0.5, 0.6) is 0 Å². The standard InChI is InChI=1S/C13H15N3O4S/c1-8-2-4-9(5-3-8)21-7-12(17)14-15-13(18)10-6-11(10)16(19)20/h2-5,10-11H,6-7H2,1H3,(H,14,17)(H,15,18)/t10-,11+/m0/s1. The zero-order chi connectivity index (χ0) is 15.4. The number of rotatable bonds is 5. The molecule has 8 heteroatoms. The third-order valence-corrected chi connectivity index (χ3v) is 4.09. The molecule has 0 saturated heterocycles. The molecule has 0 unspecified atom stereocenters. The van der Waals surface area contributed by atoms with E-state index in [0.717, 1.165) is 10.5 Å². The maximum atomic E-state index is 11.6. The molecule has 1 aliphatic rings. The predicted octanol–water partition coefficient (Wildman–Crippen LogP) is 0.900. The second kappa shape index (κ2) is 6.57. The molecular formula is C13H15N3O4S. The molecule has 0 bridgehead atoms. The van der Waals surface area contributed by atoms with Crippen molar-refractivity contribution in [3.05, 3.63) is 39.9 Å². The number of nitrogens with zero attached hydrogens (tertiary/aromatic N) is 1. The summed E-state index contributed by atoms with van der Waals surface area (Å²) >= 11 is 1.35. The second-order valence-electron chi connectivity index (χ2n) is 4.83. The zero-order valence-corrected chi connectivity index (χ0v) is 12.2. The molecule has 7 nitrogen and oxygen atoms in total. The van der Waals surface area contributed by atoms with Gasteiger partial charge in [-0.25, -0.2) is 0 Å². The van der Waals surface area contributed by atoms with Crippen molar-refractivity contribution in [2.45, 2.75) is 24.3 Å². The summed E-state index contributed by atoms with van der Waals surface area (Å²) in [6.45, 7) is 1.98. The summed E-state index contributed by atoms with van der Waals surface area (Å²) in [4.78, 5) is 34.0. The Morgan fingerprint density at radius 2 is 2.00 bits per heavy atom. The molecule has 1 fully saturated rings. The van der Waals surface area contributed by atoms with Gasteiger partial charge in [0.15, 0.2) is 0 Å². The van der Waals surface area contributed by atoms with Crippen LogP contribution in [-0.4, -0.2) is 28.5 Å². The molecular weight excluding hydrogens is 294 g/mol. The van der Waals surface area contributed by atoms with Gasteiger partial charge >= 0.3 is 0 Å². The highest BCUT2D eigenvalue weighted by Gasteiger charge is 2.53. The third kappa shape index (κ3) is 4.45. The van der Waals surface area contributed by atoms with Gasteiger partial charge in [-0.1, -0.05) is 17.7 Å². The van der Waals surface area contributed by atoms with Gasteiger partial charge in [0.1, 0.15) is 5.92 Å². The molecule has 2 amide bonds. The highest BCUT2D eigenvalue weighted by Crippen LogP contribution is 2.32. The molecule has 1 aliphatic carbocycles. The van der Waals surface area contributed by atoms with Crippen molar-refractivity contribution in [1.29, 1.82) is 0 Å². The summed E-state index contributed by atoms with van der Waals surface area (Å²) in [5.41, 5.74) is 5.62. The van der Waals surface area contributed by atoms with E-state index in [9.17, 15) is 19.7 Å². The van der Waals surface area contributed by atoms with Gasteiger partial charge in [0.05, 0.1) is 5.75 Å².